The maximum Gasteiger partial charge on any atom is 0.252 e. The first-order valence-corrected chi connectivity index (χ1v) is 15.5. The summed E-state index contributed by atoms with van der Waals surface area (Å²) >= 11 is 0. The lowest BCUT2D eigenvalue weighted by Gasteiger charge is -2.13. The van der Waals surface area contributed by atoms with Crippen molar-refractivity contribution in [2.75, 3.05) is 18.1 Å². The van der Waals surface area contributed by atoms with Gasteiger partial charge in [-0.2, -0.15) is 5.10 Å². The van der Waals surface area contributed by atoms with Gasteiger partial charge in [0.1, 0.15) is 5.82 Å². The molecule has 39 heavy (non-hydrogen) atoms. The van der Waals surface area contributed by atoms with Crippen molar-refractivity contribution in [2.24, 2.45) is 5.14 Å². The Kier molecular flexibility index (Phi) is 6.99. The molecular formula is C26H26FN5O5S2. The number of nitrogens with two attached hydrogens (primary N) is 1. The maximum absolute atomic E-state index is 14.7. The van der Waals surface area contributed by atoms with E-state index in [1.165, 1.54) is 24.3 Å². The number of aromatic nitrogens is 3. The highest BCUT2D eigenvalue weighted by Gasteiger charge is 2.32. The first-order valence-electron chi connectivity index (χ1n) is 12.2. The van der Waals surface area contributed by atoms with E-state index in [-0.39, 0.29) is 39.8 Å². The van der Waals surface area contributed by atoms with Crippen LogP contribution in [-0.2, 0) is 26.3 Å². The van der Waals surface area contributed by atoms with Gasteiger partial charge in [-0.15, -0.1) is 0 Å². The fraction of sp³-hybridized carbons (Fsp3) is 0.269. The molecular weight excluding hydrogens is 545 g/mol. The van der Waals surface area contributed by atoms with Gasteiger partial charge in [0.15, 0.2) is 15.5 Å². The number of nitrogens with zero attached hydrogens (tertiary/aromatic N) is 3. The number of halogens is 1. The number of sulfonamides is 1. The smallest absolute Gasteiger partial charge is 0.252 e. The van der Waals surface area contributed by atoms with Gasteiger partial charge in [-0.1, -0.05) is 24.3 Å². The second-order valence-corrected chi connectivity index (χ2v) is 13.3. The van der Waals surface area contributed by atoms with Crippen LogP contribution in [0.25, 0.3) is 22.3 Å². The predicted molar refractivity (Wildman–Crippen MR) is 144 cm³/mol. The SMILES string of the molecule is Cc1nn(C2CCS(=O)(=O)C2)c2nc(-c3ccccc3F)cc(C(=O)NCCc3ccc(S(N)(=O)=O)cc3)c12. The number of benzene rings is 2. The molecule has 204 valence electrons. The summed E-state index contributed by atoms with van der Waals surface area (Å²) in [6.07, 6.45) is 0.791. The molecule has 1 amide bonds. The number of carbonyl (C=O) groups is 1. The summed E-state index contributed by atoms with van der Waals surface area (Å²) < 4.78 is 63.5. The van der Waals surface area contributed by atoms with E-state index in [9.17, 15) is 26.0 Å². The quantitative estimate of drug-likeness (QED) is 0.345. The fourth-order valence-corrected chi connectivity index (χ4v) is 6.99. The number of fused-ring (bicyclic) bond motifs is 1. The van der Waals surface area contributed by atoms with Crippen LogP contribution in [0.3, 0.4) is 0 Å². The molecule has 4 aromatic rings. The van der Waals surface area contributed by atoms with Crippen molar-refractivity contribution < 1.29 is 26.0 Å². The summed E-state index contributed by atoms with van der Waals surface area (Å²) in [6.45, 7) is 1.96. The fourth-order valence-electron chi connectivity index (χ4n) is 4.78. The third-order valence-electron chi connectivity index (χ3n) is 6.74. The first-order chi connectivity index (χ1) is 18.4. The van der Waals surface area contributed by atoms with E-state index in [0.717, 1.165) is 5.56 Å². The van der Waals surface area contributed by atoms with Gasteiger partial charge >= 0.3 is 0 Å². The van der Waals surface area contributed by atoms with Crippen LogP contribution in [0.1, 0.15) is 34.1 Å². The number of pyridine rings is 1. The van der Waals surface area contributed by atoms with Crippen LogP contribution < -0.4 is 10.5 Å². The van der Waals surface area contributed by atoms with E-state index in [0.29, 0.717) is 29.6 Å². The molecule has 10 nitrogen and oxygen atoms in total. The van der Waals surface area contributed by atoms with Crippen LogP contribution in [0.4, 0.5) is 4.39 Å². The van der Waals surface area contributed by atoms with Gasteiger partial charge in [0.05, 0.1) is 44.8 Å². The largest absolute Gasteiger partial charge is 0.352 e. The van der Waals surface area contributed by atoms with Crippen LogP contribution in [0.2, 0.25) is 0 Å². The van der Waals surface area contributed by atoms with Crippen molar-refractivity contribution >= 4 is 36.8 Å². The van der Waals surface area contributed by atoms with Crippen molar-refractivity contribution in [2.45, 2.75) is 30.7 Å². The first kappa shape index (κ1) is 26.9. The predicted octanol–water partition coefficient (Wildman–Crippen LogP) is 2.53. The minimum Gasteiger partial charge on any atom is -0.352 e. The number of aryl methyl sites for hydroxylation is 1. The molecule has 0 radical (unpaired) electrons. The van der Waals surface area contributed by atoms with E-state index in [1.807, 2.05) is 0 Å². The number of primary sulfonamides is 1. The molecule has 3 heterocycles. The zero-order valence-corrected chi connectivity index (χ0v) is 22.6. The molecule has 0 aliphatic carbocycles. The van der Waals surface area contributed by atoms with E-state index < -0.39 is 37.6 Å². The summed E-state index contributed by atoms with van der Waals surface area (Å²) in [6, 6.07) is 13.2. The normalized spacial score (nSPS) is 16.9. The van der Waals surface area contributed by atoms with Gasteiger partial charge in [0.25, 0.3) is 5.91 Å². The standard InChI is InChI=1S/C26H26FN5O5S2/c1-16-24-21(26(33)29-12-10-17-6-8-19(9-7-17)39(28,36)37)14-23(20-4-2-3-5-22(20)27)30-25(24)32(31-16)18-11-13-38(34,35)15-18/h2-9,14,18H,10-13,15H2,1H3,(H,29,33)(H2,28,36,37). The Bertz CT molecular complexity index is 1800. The number of hydrogen-bond acceptors (Lipinski definition) is 7. The number of hydrogen-bond donors (Lipinski definition) is 2. The molecule has 2 aromatic carbocycles. The van der Waals surface area contributed by atoms with Gasteiger partial charge in [-0.25, -0.2) is 36.0 Å². The minimum atomic E-state index is -3.80. The lowest BCUT2D eigenvalue weighted by atomic mass is 10.0. The van der Waals surface area contributed by atoms with Gasteiger partial charge in [-0.3, -0.25) is 4.79 Å². The van der Waals surface area contributed by atoms with E-state index in [2.05, 4.69) is 15.4 Å². The Morgan fingerprint density at radius 3 is 2.54 bits per heavy atom. The van der Waals surface area contributed by atoms with Crippen molar-refractivity contribution in [1.82, 2.24) is 20.1 Å². The van der Waals surface area contributed by atoms with E-state index >= 15 is 0 Å². The Morgan fingerprint density at radius 2 is 1.90 bits per heavy atom. The van der Waals surface area contributed by atoms with Crippen LogP contribution in [-0.4, -0.2) is 55.6 Å². The molecule has 1 fully saturated rings. The molecule has 1 aliphatic rings. The molecule has 0 spiro atoms. The van der Waals surface area contributed by atoms with Gasteiger partial charge < -0.3 is 5.32 Å². The second kappa shape index (κ2) is 10.1. The lowest BCUT2D eigenvalue weighted by molar-refractivity contribution is 0.0955. The van der Waals surface area contributed by atoms with Gasteiger partial charge in [0, 0.05) is 12.1 Å². The zero-order chi connectivity index (χ0) is 27.9. The average molecular weight is 572 g/mol. The third kappa shape index (κ3) is 5.56. The molecule has 13 heteroatoms. The van der Waals surface area contributed by atoms with Crippen molar-refractivity contribution in [3.63, 3.8) is 0 Å². The molecule has 0 bridgehead atoms. The zero-order valence-electron chi connectivity index (χ0n) is 21.0. The third-order valence-corrected chi connectivity index (χ3v) is 9.42. The molecule has 2 aromatic heterocycles. The summed E-state index contributed by atoms with van der Waals surface area (Å²) in [4.78, 5) is 18.1. The average Bonchev–Trinajstić information content (AvgIpc) is 3.42. The van der Waals surface area contributed by atoms with Gasteiger partial charge in [0.2, 0.25) is 10.0 Å². The van der Waals surface area contributed by atoms with Crippen molar-refractivity contribution in [3.05, 3.63) is 77.2 Å². The topological polar surface area (TPSA) is 154 Å². The monoisotopic (exact) mass is 571 g/mol. The number of rotatable bonds is 7. The number of nitrogens with one attached hydrogen (secondary N) is 1. The number of amides is 1. The van der Waals surface area contributed by atoms with Gasteiger partial charge in [-0.05, 0) is 55.7 Å². The Balaban J connectivity index is 1.49. The van der Waals surface area contributed by atoms with Crippen LogP contribution in [0, 0.1) is 12.7 Å². The van der Waals surface area contributed by atoms with Crippen LogP contribution >= 0.6 is 0 Å². The van der Waals surface area contributed by atoms with E-state index in [4.69, 9.17) is 5.14 Å². The Labute approximate surface area is 225 Å². The molecule has 0 saturated carbocycles. The highest BCUT2D eigenvalue weighted by molar-refractivity contribution is 7.91. The molecule has 1 aliphatic heterocycles. The highest BCUT2D eigenvalue weighted by Crippen LogP contribution is 2.32. The van der Waals surface area contributed by atoms with Crippen molar-refractivity contribution in [1.29, 1.82) is 0 Å². The second-order valence-electron chi connectivity index (χ2n) is 9.52. The Hall–Kier alpha value is -3.68. The molecule has 1 saturated heterocycles. The van der Waals surface area contributed by atoms with Crippen LogP contribution in [0.5, 0.6) is 0 Å². The summed E-state index contributed by atoms with van der Waals surface area (Å²) in [7, 11) is -7.02. The molecule has 1 atom stereocenters. The van der Waals surface area contributed by atoms with Crippen molar-refractivity contribution in [3.8, 4) is 11.3 Å². The lowest BCUT2D eigenvalue weighted by Crippen LogP contribution is -2.26. The molecule has 3 N–H and O–H groups in total. The highest BCUT2D eigenvalue weighted by atomic mass is 32.2. The molecule has 5 rings (SSSR count). The Morgan fingerprint density at radius 1 is 1.18 bits per heavy atom. The number of carbonyl (C=O) groups excluding carboxylic acids is 1. The molecule has 1 unspecified atom stereocenters. The minimum absolute atomic E-state index is 0.00214. The van der Waals surface area contributed by atoms with E-state index in [1.54, 1.807) is 41.9 Å². The van der Waals surface area contributed by atoms with Crippen LogP contribution in [0.15, 0.2) is 59.5 Å². The summed E-state index contributed by atoms with van der Waals surface area (Å²) in [5.41, 5.74) is 2.29. The summed E-state index contributed by atoms with van der Waals surface area (Å²) in [5.74, 6) is -0.982. The number of sulfone groups is 1. The maximum atomic E-state index is 14.7. The summed E-state index contributed by atoms with van der Waals surface area (Å²) in [5, 5.41) is 13.0.